The SMILES string of the molecule is O=C(O)/C=C1\CSC(N/N=C/c2ccccc2)=N1. The summed E-state index contributed by atoms with van der Waals surface area (Å²) < 4.78 is 0. The van der Waals surface area contributed by atoms with E-state index in [2.05, 4.69) is 15.5 Å². The Labute approximate surface area is 108 Å². The predicted octanol–water partition coefficient (Wildman–Crippen LogP) is 1.68. The largest absolute Gasteiger partial charge is 0.478 e. The lowest BCUT2D eigenvalue weighted by molar-refractivity contribution is -0.131. The molecule has 0 spiro atoms. The van der Waals surface area contributed by atoms with Crippen molar-refractivity contribution >= 4 is 29.1 Å². The minimum absolute atomic E-state index is 0.532. The van der Waals surface area contributed by atoms with Gasteiger partial charge in [-0.3, -0.25) is 5.43 Å². The zero-order valence-electron chi connectivity index (χ0n) is 9.41. The molecule has 0 saturated heterocycles. The van der Waals surface area contributed by atoms with Crippen molar-refractivity contribution in [3.8, 4) is 0 Å². The fourth-order valence-electron chi connectivity index (χ4n) is 1.31. The number of hydrogen-bond acceptors (Lipinski definition) is 5. The topological polar surface area (TPSA) is 74.0 Å². The summed E-state index contributed by atoms with van der Waals surface area (Å²) in [5.74, 6) is -0.432. The van der Waals surface area contributed by atoms with E-state index >= 15 is 0 Å². The molecule has 1 aromatic carbocycles. The summed E-state index contributed by atoms with van der Waals surface area (Å²) in [6, 6.07) is 9.66. The summed E-state index contributed by atoms with van der Waals surface area (Å²) >= 11 is 1.42. The van der Waals surface area contributed by atoms with Crippen molar-refractivity contribution in [1.29, 1.82) is 0 Å². The van der Waals surface area contributed by atoms with E-state index in [-0.39, 0.29) is 0 Å². The maximum Gasteiger partial charge on any atom is 0.330 e. The number of nitrogens with one attached hydrogen (secondary N) is 1. The molecule has 2 N–H and O–H groups in total. The average molecular weight is 261 g/mol. The summed E-state index contributed by atoms with van der Waals surface area (Å²) in [5, 5.41) is 13.2. The number of carboxylic acids is 1. The van der Waals surface area contributed by atoms with Crippen molar-refractivity contribution in [3.05, 3.63) is 47.7 Å². The Morgan fingerprint density at radius 3 is 2.94 bits per heavy atom. The molecule has 0 saturated carbocycles. The van der Waals surface area contributed by atoms with Crippen LogP contribution in [0.25, 0.3) is 0 Å². The summed E-state index contributed by atoms with van der Waals surface area (Å²) in [5.41, 5.74) is 4.30. The highest BCUT2D eigenvalue weighted by Crippen LogP contribution is 2.19. The zero-order chi connectivity index (χ0) is 12.8. The van der Waals surface area contributed by atoms with Crippen molar-refractivity contribution in [2.45, 2.75) is 0 Å². The summed E-state index contributed by atoms with van der Waals surface area (Å²) in [7, 11) is 0. The first kappa shape index (κ1) is 12.4. The highest BCUT2D eigenvalue weighted by atomic mass is 32.2. The van der Waals surface area contributed by atoms with Gasteiger partial charge in [0.1, 0.15) is 0 Å². The fraction of sp³-hybridized carbons (Fsp3) is 0.0833. The Hall–Kier alpha value is -2.08. The van der Waals surface area contributed by atoms with Gasteiger partial charge in [-0.25, -0.2) is 9.79 Å². The van der Waals surface area contributed by atoms with Crippen LogP contribution in [0.3, 0.4) is 0 Å². The van der Waals surface area contributed by atoms with Gasteiger partial charge in [-0.2, -0.15) is 5.10 Å². The van der Waals surface area contributed by atoms with E-state index < -0.39 is 5.97 Å². The van der Waals surface area contributed by atoms with Crippen molar-refractivity contribution in [3.63, 3.8) is 0 Å². The van der Waals surface area contributed by atoms with Gasteiger partial charge >= 0.3 is 5.97 Å². The summed E-state index contributed by atoms with van der Waals surface area (Å²) in [6.07, 6.45) is 2.78. The first-order valence-electron chi connectivity index (χ1n) is 5.23. The predicted molar refractivity (Wildman–Crippen MR) is 72.8 cm³/mol. The highest BCUT2D eigenvalue weighted by Gasteiger charge is 2.12. The van der Waals surface area contributed by atoms with Gasteiger partial charge < -0.3 is 5.11 Å². The number of aliphatic imine (C=N–C) groups is 1. The van der Waals surface area contributed by atoms with Crippen LogP contribution in [-0.4, -0.2) is 28.2 Å². The number of carboxylic acid groups (broad SMARTS) is 1. The molecule has 1 heterocycles. The molecule has 1 aliphatic heterocycles. The van der Waals surface area contributed by atoms with Crippen LogP contribution in [0.5, 0.6) is 0 Å². The number of carbonyl (C=O) groups is 1. The van der Waals surface area contributed by atoms with Gasteiger partial charge in [0.05, 0.1) is 11.9 Å². The molecule has 0 aromatic heterocycles. The van der Waals surface area contributed by atoms with Crippen LogP contribution in [0.15, 0.2) is 52.2 Å². The van der Waals surface area contributed by atoms with Gasteiger partial charge in [-0.05, 0) is 5.56 Å². The number of rotatable bonds is 3. The Morgan fingerprint density at radius 1 is 1.44 bits per heavy atom. The lowest BCUT2D eigenvalue weighted by atomic mass is 10.2. The molecular formula is C12H11N3O2S. The Bertz CT molecular complexity index is 523. The van der Waals surface area contributed by atoms with Crippen LogP contribution in [0, 0.1) is 0 Å². The molecule has 0 bridgehead atoms. The Balaban J connectivity index is 1.92. The van der Waals surface area contributed by atoms with Crippen LogP contribution < -0.4 is 5.43 Å². The molecule has 6 heteroatoms. The molecule has 0 aliphatic carbocycles. The van der Waals surface area contributed by atoms with Gasteiger partial charge in [0.15, 0.2) is 5.17 Å². The van der Waals surface area contributed by atoms with Crippen LogP contribution >= 0.6 is 11.8 Å². The monoisotopic (exact) mass is 261 g/mol. The number of hydrazone groups is 1. The van der Waals surface area contributed by atoms with Gasteiger partial charge in [-0.1, -0.05) is 42.1 Å². The maximum atomic E-state index is 10.5. The van der Waals surface area contributed by atoms with E-state index in [0.717, 1.165) is 11.6 Å². The van der Waals surface area contributed by atoms with Crippen LogP contribution in [0.4, 0.5) is 0 Å². The van der Waals surface area contributed by atoms with Gasteiger partial charge in [0, 0.05) is 11.8 Å². The minimum atomic E-state index is -0.983. The van der Waals surface area contributed by atoms with Crippen molar-refractivity contribution in [2.75, 3.05) is 5.75 Å². The van der Waals surface area contributed by atoms with E-state index in [1.807, 2.05) is 30.3 Å². The lowest BCUT2D eigenvalue weighted by Gasteiger charge is -1.95. The van der Waals surface area contributed by atoms with Crippen LogP contribution in [0.2, 0.25) is 0 Å². The normalized spacial score (nSPS) is 17.1. The number of amidine groups is 1. The zero-order valence-corrected chi connectivity index (χ0v) is 10.2. The molecule has 0 atom stereocenters. The standard InChI is InChI=1S/C12H11N3O2S/c16-11(17)6-10-8-18-12(14-10)15-13-7-9-4-2-1-3-5-9/h1-7H,8H2,(H,14,15)(H,16,17)/b10-6+,13-7+. The molecule has 0 amide bonds. The third-order valence-corrected chi connectivity index (χ3v) is 2.96. The Morgan fingerprint density at radius 2 is 2.22 bits per heavy atom. The Kier molecular flexibility index (Phi) is 4.14. The fourth-order valence-corrected chi connectivity index (χ4v) is 2.04. The molecule has 5 nitrogen and oxygen atoms in total. The molecule has 0 fully saturated rings. The second-order valence-corrected chi connectivity index (χ2v) is 4.42. The third kappa shape index (κ3) is 3.74. The van der Waals surface area contributed by atoms with Gasteiger partial charge in [0.2, 0.25) is 0 Å². The van der Waals surface area contributed by atoms with Crippen molar-refractivity contribution in [1.82, 2.24) is 5.43 Å². The van der Waals surface area contributed by atoms with Gasteiger partial charge in [-0.15, -0.1) is 0 Å². The summed E-state index contributed by atoms with van der Waals surface area (Å²) in [4.78, 5) is 14.6. The van der Waals surface area contributed by atoms with E-state index in [1.165, 1.54) is 11.8 Å². The maximum absolute atomic E-state index is 10.5. The number of benzene rings is 1. The average Bonchev–Trinajstić information content (AvgIpc) is 2.77. The third-order valence-electron chi connectivity index (χ3n) is 2.07. The number of hydrogen-bond donors (Lipinski definition) is 2. The van der Waals surface area contributed by atoms with Crippen LogP contribution in [0.1, 0.15) is 5.56 Å². The number of thioether (sulfide) groups is 1. The quantitative estimate of drug-likeness (QED) is 0.493. The highest BCUT2D eigenvalue weighted by molar-refractivity contribution is 8.14. The molecule has 2 rings (SSSR count). The molecule has 1 aliphatic rings. The van der Waals surface area contributed by atoms with E-state index in [4.69, 9.17) is 5.11 Å². The molecule has 0 radical (unpaired) electrons. The molecule has 0 unspecified atom stereocenters. The van der Waals surface area contributed by atoms with Crippen LogP contribution in [-0.2, 0) is 4.79 Å². The molecular weight excluding hydrogens is 250 g/mol. The molecule has 18 heavy (non-hydrogen) atoms. The first-order valence-corrected chi connectivity index (χ1v) is 6.22. The van der Waals surface area contributed by atoms with E-state index in [0.29, 0.717) is 16.6 Å². The molecule has 92 valence electrons. The number of aliphatic carboxylic acids is 1. The van der Waals surface area contributed by atoms with Crippen molar-refractivity contribution < 1.29 is 9.90 Å². The lowest BCUT2D eigenvalue weighted by Crippen LogP contribution is -2.11. The second-order valence-electron chi connectivity index (χ2n) is 3.46. The smallest absolute Gasteiger partial charge is 0.330 e. The van der Waals surface area contributed by atoms with Crippen molar-refractivity contribution in [2.24, 2.45) is 10.1 Å². The summed E-state index contributed by atoms with van der Waals surface area (Å²) in [6.45, 7) is 0. The second kappa shape index (κ2) is 6.02. The number of nitrogens with zero attached hydrogens (tertiary/aromatic N) is 2. The molecule has 1 aromatic rings. The van der Waals surface area contributed by atoms with Gasteiger partial charge in [0.25, 0.3) is 0 Å². The minimum Gasteiger partial charge on any atom is -0.478 e. The van der Waals surface area contributed by atoms with E-state index in [1.54, 1.807) is 6.21 Å². The van der Waals surface area contributed by atoms with E-state index in [9.17, 15) is 4.79 Å². The first-order chi connectivity index (χ1) is 8.74.